The molecule has 2 amide bonds. The van der Waals surface area contributed by atoms with Crippen molar-refractivity contribution in [2.75, 3.05) is 11.9 Å². The third kappa shape index (κ3) is 4.04. The van der Waals surface area contributed by atoms with Crippen molar-refractivity contribution in [3.05, 3.63) is 58.1 Å². The number of aromatic nitrogens is 1. The standard InChI is InChI=1S/C22H21N3O4S/c1-12-6-8-14-17(10-12)30-21(19(14)20(23)27)25-18(26)11-29-22(28)16-9-7-13-4-2-3-5-15(13)24-16/h2-5,7,9,12H,6,8,10-11H2,1H3,(H2,23,27)(H,25,26). The van der Waals surface area contributed by atoms with E-state index in [2.05, 4.69) is 17.2 Å². The van der Waals surface area contributed by atoms with Gasteiger partial charge in [-0.25, -0.2) is 9.78 Å². The van der Waals surface area contributed by atoms with E-state index >= 15 is 0 Å². The van der Waals surface area contributed by atoms with E-state index in [1.54, 1.807) is 18.2 Å². The van der Waals surface area contributed by atoms with E-state index in [0.29, 0.717) is 22.0 Å². The molecule has 8 heteroatoms. The van der Waals surface area contributed by atoms with Crippen molar-refractivity contribution in [2.24, 2.45) is 11.7 Å². The summed E-state index contributed by atoms with van der Waals surface area (Å²) in [5.41, 5.74) is 7.65. The lowest BCUT2D eigenvalue weighted by Crippen LogP contribution is -2.23. The first kappa shape index (κ1) is 20.0. The van der Waals surface area contributed by atoms with Crippen LogP contribution in [0, 0.1) is 5.92 Å². The summed E-state index contributed by atoms with van der Waals surface area (Å²) >= 11 is 1.37. The van der Waals surface area contributed by atoms with Gasteiger partial charge in [-0.05, 0) is 42.9 Å². The van der Waals surface area contributed by atoms with Crippen LogP contribution in [0.15, 0.2) is 36.4 Å². The average Bonchev–Trinajstić information content (AvgIpc) is 3.08. The molecule has 1 unspecified atom stereocenters. The highest BCUT2D eigenvalue weighted by Crippen LogP contribution is 2.39. The first-order valence-electron chi connectivity index (χ1n) is 9.69. The van der Waals surface area contributed by atoms with Gasteiger partial charge in [-0.3, -0.25) is 9.59 Å². The van der Waals surface area contributed by atoms with Crippen molar-refractivity contribution in [3.8, 4) is 0 Å². The maximum Gasteiger partial charge on any atom is 0.357 e. The minimum absolute atomic E-state index is 0.125. The molecular formula is C22H21N3O4S. The number of hydrogen-bond donors (Lipinski definition) is 2. The second kappa shape index (κ2) is 8.23. The van der Waals surface area contributed by atoms with Gasteiger partial charge in [-0.1, -0.05) is 31.2 Å². The van der Waals surface area contributed by atoms with Crippen LogP contribution in [0.25, 0.3) is 10.9 Å². The zero-order valence-corrected chi connectivity index (χ0v) is 17.3. The number of amides is 2. The Morgan fingerprint density at radius 2 is 2.03 bits per heavy atom. The van der Waals surface area contributed by atoms with E-state index in [1.165, 1.54) is 11.3 Å². The molecule has 7 nitrogen and oxygen atoms in total. The van der Waals surface area contributed by atoms with Crippen molar-refractivity contribution < 1.29 is 19.1 Å². The van der Waals surface area contributed by atoms with Gasteiger partial charge in [0.1, 0.15) is 10.7 Å². The van der Waals surface area contributed by atoms with E-state index < -0.39 is 24.4 Å². The Hall–Kier alpha value is -3.26. The van der Waals surface area contributed by atoms with Crippen molar-refractivity contribution in [1.29, 1.82) is 0 Å². The van der Waals surface area contributed by atoms with Crippen LogP contribution in [-0.4, -0.2) is 29.4 Å². The number of carbonyl (C=O) groups is 3. The predicted octanol–water partition coefficient (Wildman–Crippen LogP) is 3.32. The summed E-state index contributed by atoms with van der Waals surface area (Å²) < 4.78 is 5.11. The van der Waals surface area contributed by atoms with Crippen LogP contribution in [0.1, 0.15) is 44.6 Å². The van der Waals surface area contributed by atoms with E-state index in [4.69, 9.17) is 10.5 Å². The number of hydrogen-bond acceptors (Lipinski definition) is 6. The zero-order valence-electron chi connectivity index (χ0n) is 16.4. The van der Waals surface area contributed by atoms with Crippen LogP contribution in [0.5, 0.6) is 0 Å². The fourth-order valence-electron chi connectivity index (χ4n) is 3.65. The molecule has 2 heterocycles. The third-order valence-corrected chi connectivity index (χ3v) is 6.32. The molecule has 154 valence electrons. The van der Waals surface area contributed by atoms with Gasteiger partial charge in [0.05, 0.1) is 11.1 Å². The topological polar surface area (TPSA) is 111 Å². The molecule has 3 N–H and O–H groups in total. The second-order valence-corrected chi connectivity index (χ2v) is 8.54. The quantitative estimate of drug-likeness (QED) is 0.612. The number of esters is 1. The zero-order chi connectivity index (χ0) is 21.3. The van der Waals surface area contributed by atoms with E-state index in [1.807, 2.05) is 18.2 Å². The maximum atomic E-state index is 12.4. The van der Waals surface area contributed by atoms with Crippen LogP contribution >= 0.6 is 11.3 Å². The summed E-state index contributed by atoms with van der Waals surface area (Å²) in [7, 11) is 0. The molecule has 4 rings (SSSR count). The summed E-state index contributed by atoms with van der Waals surface area (Å²) in [6.45, 7) is 1.68. The SMILES string of the molecule is CC1CCc2c(sc(NC(=O)COC(=O)c3ccc4ccccc4n3)c2C(N)=O)C1. The fraction of sp³-hybridized carbons (Fsp3) is 0.273. The largest absolute Gasteiger partial charge is 0.451 e. The number of thiophene rings is 1. The Morgan fingerprint density at radius 3 is 2.83 bits per heavy atom. The molecule has 0 spiro atoms. The molecule has 0 bridgehead atoms. The fourth-order valence-corrected chi connectivity index (χ4v) is 5.08. The number of anilines is 1. The Bertz CT molecular complexity index is 1150. The molecular weight excluding hydrogens is 402 g/mol. The summed E-state index contributed by atoms with van der Waals surface area (Å²) in [5.74, 6) is -1.26. The summed E-state index contributed by atoms with van der Waals surface area (Å²) in [6, 6.07) is 10.7. The highest BCUT2D eigenvalue weighted by molar-refractivity contribution is 7.17. The predicted molar refractivity (Wildman–Crippen MR) is 115 cm³/mol. The monoisotopic (exact) mass is 423 g/mol. The van der Waals surface area contributed by atoms with Crippen LogP contribution in [-0.2, 0) is 22.4 Å². The van der Waals surface area contributed by atoms with Gasteiger partial charge in [-0.2, -0.15) is 0 Å². The molecule has 0 saturated carbocycles. The third-order valence-electron chi connectivity index (χ3n) is 5.15. The van der Waals surface area contributed by atoms with Crippen molar-refractivity contribution >= 4 is 45.0 Å². The van der Waals surface area contributed by atoms with Gasteiger partial charge in [0, 0.05) is 10.3 Å². The lowest BCUT2D eigenvalue weighted by atomic mass is 9.88. The molecule has 0 radical (unpaired) electrons. The van der Waals surface area contributed by atoms with E-state index in [0.717, 1.165) is 35.1 Å². The molecule has 0 saturated heterocycles. The van der Waals surface area contributed by atoms with E-state index in [9.17, 15) is 14.4 Å². The van der Waals surface area contributed by atoms with Crippen molar-refractivity contribution in [3.63, 3.8) is 0 Å². The number of nitrogens with two attached hydrogens (primary N) is 1. The molecule has 3 aromatic rings. The lowest BCUT2D eigenvalue weighted by molar-refractivity contribution is -0.119. The molecule has 30 heavy (non-hydrogen) atoms. The Labute approximate surface area is 177 Å². The van der Waals surface area contributed by atoms with Crippen LogP contribution in [0.3, 0.4) is 0 Å². The number of benzene rings is 1. The summed E-state index contributed by atoms with van der Waals surface area (Å²) in [5, 5.41) is 4.01. The Balaban J connectivity index is 1.43. The molecule has 1 atom stereocenters. The molecule has 0 fully saturated rings. The van der Waals surface area contributed by atoms with Crippen LogP contribution < -0.4 is 11.1 Å². The number of pyridine rings is 1. The molecule has 0 aliphatic heterocycles. The summed E-state index contributed by atoms with van der Waals surface area (Å²) in [4.78, 5) is 41.9. The van der Waals surface area contributed by atoms with Crippen molar-refractivity contribution in [1.82, 2.24) is 4.98 Å². The van der Waals surface area contributed by atoms with Crippen LogP contribution in [0.4, 0.5) is 5.00 Å². The summed E-state index contributed by atoms with van der Waals surface area (Å²) in [6.07, 6.45) is 2.61. The van der Waals surface area contributed by atoms with Crippen LogP contribution in [0.2, 0.25) is 0 Å². The number of ether oxygens (including phenoxy) is 1. The Kier molecular flexibility index (Phi) is 5.50. The lowest BCUT2D eigenvalue weighted by Gasteiger charge is -2.18. The average molecular weight is 423 g/mol. The van der Waals surface area contributed by atoms with Gasteiger partial charge < -0.3 is 15.8 Å². The van der Waals surface area contributed by atoms with Gasteiger partial charge in [0.15, 0.2) is 6.61 Å². The number of rotatable bonds is 5. The molecule has 1 aliphatic carbocycles. The second-order valence-electron chi connectivity index (χ2n) is 7.43. The van der Waals surface area contributed by atoms with Gasteiger partial charge in [-0.15, -0.1) is 11.3 Å². The van der Waals surface area contributed by atoms with Gasteiger partial charge in [0.2, 0.25) is 0 Å². The normalized spacial score (nSPS) is 15.4. The van der Waals surface area contributed by atoms with Crippen molar-refractivity contribution in [2.45, 2.75) is 26.2 Å². The number of nitrogens with zero attached hydrogens (tertiary/aromatic N) is 1. The first-order chi connectivity index (χ1) is 14.4. The van der Waals surface area contributed by atoms with E-state index in [-0.39, 0.29) is 5.69 Å². The Morgan fingerprint density at radius 1 is 1.23 bits per heavy atom. The van der Waals surface area contributed by atoms with Gasteiger partial charge >= 0.3 is 5.97 Å². The highest BCUT2D eigenvalue weighted by atomic mass is 32.1. The minimum Gasteiger partial charge on any atom is -0.451 e. The van der Waals surface area contributed by atoms with Gasteiger partial charge in [0.25, 0.3) is 11.8 Å². The smallest absolute Gasteiger partial charge is 0.357 e. The molecule has 1 aromatic carbocycles. The minimum atomic E-state index is -0.690. The number of primary amides is 1. The molecule has 1 aliphatic rings. The number of carbonyl (C=O) groups excluding carboxylic acids is 3. The molecule has 2 aromatic heterocycles. The number of nitrogens with one attached hydrogen (secondary N) is 1. The number of para-hydroxylation sites is 1. The highest BCUT2D eigenvalue weighted by Gasteiger charge is 2.27. The number of fused-ring (bicyclic) bond motifs is 2. The first-order valence-corrected chi connectivity index (χ1v) is 10.5. The maximum absolute atomic E-state index is 12.4.